The summed E-state index contributed by atoms with van der Waals surface area (Å²) in [5.74, 6) is 1.78. The molecule has 2 atom stereocenters. The molecule has 0 radical (unpaired) electrons. The van der Waals surface area contributed by atoms with Crippen LogP contribution in [0.5, 0.6) is 17.2 Å². The summed E-state index contributed by atoms with van der Waals surface area (Å²) in [6.45, 7) is 7.16. The van der Waals surface area contributed by atoms with E-state index in [4.69, 9.17) is 19.5 Å². The quantitative estimate of drug-likeness (QED) is 0.697. The van der Waals surface area contributed by atoms with E-state index in [9.17, 15) is 4.79 Å². The number of amides is 1. The maximum Gasteiger partial charge on any atom is 0.254 e. The summed E-state index contributed by atoms with van der Waals surface area (Å²) in [7, 11) is 4.60. The number of nitriles is 1. The predicted molar refractivity (Wildman–Crippen MR) is 108 cm³/mol. The minimum absolute atomic E-state index is 0.107. The van der Waals surface area contributed by atoms with Gasteiger partial charge in [0.15, 0.2) is 11.5 Å². The summed E-state index contributed by atoms with van der Waals surface area (Å²) in [5, 5.41) is 9.11. The first kappa shape index (κ1) is 21.9. The Kier molecular flexibility index (Phi) is 7.17. The van der Waals surface area contributed by atoms with E-state index in [1.807, 2.05) is 4.90 Å². The number of rotatable bonds is 7. The molecule has 2 rings (SSSR count). The molecular weight excluding hydrogens is 356 g/mol. The van der Waals surface area contributed by atoms with E-state index in [2.05, 4.69) is 26.8 Å². The first-order valence-electron chi connectivity index (χ1n) is 9.74. The molecule has 1 amide bonds. The second-order valence-electron chi connectivity index (χ2n) is 8.39. The van der Waals surface area contributed by atoms with Crippen LogP contribution in [-0.2, 0) is 0 Å². The number of hydrogen-bond donors (Lipinski definition) is 0. The summed E-state index contributed by atoms with van der Waals surface area (Å²) in [6.07, 6.45) is 3.33. The fraction of sp³-hybridized carbons (Fsp3) is 0.636. The van der Waals surface area contributed by atoms with E-state index >= 15 is 0 Å². The molecule has 0 N–H and O–H groups in total. The highest BCUT2D eigenvalue weighted by atomic mass is 16.5. The van der Waals surface area contributed by atoms with Gasteiger partial charge in [-0.15, -0.1) is 0 Å². The summed E-state index contributed by atoms with van der Waals surface area (Å²) in [6, 6.07) is 5.65. The Bertz CT molecular complexity index is 714. The Balaban J connectivity index is 2.41. The highest BCUT2D eigenvalue weighted by Gasteiger charge is 2.37. The lowest BCUT2D eigenvalue weighted by Crippen LogP contribution is -2.46. The van der Waals surface area contributed by atoms with Gasteiger partial charge in [0.25, 0.3) is 5.91 Å². The molecule has 6 nitrogen and oxygen atoms in total. The maximum absolute atomic E-state index is 13.5. The summed E-state index contributed by atoms with van der Waals surface area (Å²) in [5.41, 5.74) is 0.645. The molecule has 1 fully saturated rings. The van der Waals surface area contributed by atoms with Crippen LogP contribution in [0.15, 0.2) is 12.1 Å². The average Bonchev–Trinajstić information content (AvgIpc) is 2.65. The molecule has 0 aliphatic heterocycles. The minimum Gasteiger partial charge on any atom is -0.493 e. The summed E-state index contributed by atoms with van der Waals surface area (Å²) < 4.78 is 16.2. The Hall–Kier alpha value is -2.42. The van der Waals surface area contributed by atoms with Crippen LogP contribution in [0.25, 0.3) is 0 Å². The Morgan fingerprint density at radius 2 is 1.79 bits per heavy atom. The molecule has 1 aliphatic rings. The van der Waals surface area contributed by atoms with Crippen LogP contribution >= 0.6 is 0 Å². The van der Waals surface area contributed by atoms with Crippen molar-refractivity contribution >= 4 is 5.91 Å². The van der Waals surface area contributed by atoms with E-state index in [0.29, 0.717) is 41.7 Å². The molecule has 1 aliphatic carbocycles. The first-order chi connectivity index (χ1) is 13.3. The molecule has 0 saturated heterocycles. The topological polar surface area (TPSA) is 71.8 Å². The van der Waals surface area contributed by atoms with E-state index in [-0.39, 0.29) is 17.4 Å². The summed E-state index contributed by atoms with van der Waals surface area (Å²) >= 11 is 0. The molecule has 0 spiro atoms. The van der Waals surface area contributed by atoms with Gasteiger partial charge in [-0.05, 0) is 42.7 Å². The van der Waals surface area contributed by atoms with Gasteiger partial charge >= 0.3 is 0 Å². The third kappa shape index (κ3) is 4.89. The van der Waals surface area contributed by atoms with Gasteiger partial charge < -0.3 is 19.1 Å². The second kappa shape index (κ2) is 9.18. The molecule has 28 heavy (non-hydrogen) atoms. The number of methoxy groups -OCH3 is 3. The largest absolute Gasteiger partial charge is 0.493 e. The number of carbonyl (C=O) groups is 1. The molecular formula is C22H32N2O4. The number of carbonyl (C=O) groups excluding carboxylic acids is 1. The van der Waals surface area contributed by atoms with Gasteiger partial charge in [0, 0.05) is 18.2 Å². The van der Waals surface area contributed by atoms with Crippen LogP contribution < -0.4 is 14.2 Å². The van der Waals surface area contributed by atoms with Gasteiger partial charge in [-0.1, -0.05) is 20.8 Å². The van der Waals surface area contributed by atoms with Crippen molar-refractivity contribution in [3.8, 4) is 23.3 Å². The van der Waals surface area contributed by atoms with Crippen LogP contribution in [-0.4, -0.2) is 44.7 Å². The molecule has 6 heteroatoms. The molecule has 154 valence electrons. The summed E-state index contributed by atoms with van der Waals surface area (Å²) in [4.78, 5) is 15.3. The maximum atomic E-state index is 13.5. The fourth-order valence-corrected chi connectivity index (χ4v) is 4.52. The average molecular weight is 389 g/mol. The Labute approximate surface area is 168 Å². The van der Waals surface area contributed by atoms with Crippen molar-refractivity contribution in [1.29, 1.82) is 5.26 Å². The lowest BCUT2D eigenvalue weighted by Gasteiger charge is -2.44. The van der Waals surface area contributed by atoms with Crippen molar-refractivity contribution in [3.05, 3.63) is 17.7 Å². The second-order valence-corrected chi connectivity index (χ2v) is 8.39. The van der Waals surface area contributed by atoms with E-state index < -0.39 is 0 Å². The van der Waals surface area contributed by atoms with Crippen LogP contribution in [0.1, 0.15) is 56.8 Å². The van der Waals surface area contributed by atoms with Gasteiger partial charge in [0.05, 0.1) is 33.8 Å². The first-order valence-corrected chi connectivity index (χ1v) is 9.74. The monoisotopic (exact) mass is 388 g/mol. The van der Waals surface area contributed by atoms with Gasteiger partial charge in [-0.3, -0.25) is 4.79 Å². The van der Waals surface area contributed by atoms with Gasteiger partial charge in [0.1, 0.15) is 0 Å². The van der Waals surface area contributed by atoms with E-state index in [1.165, 1.54) is 21.3 Å². The van der Waals surface area contributed by atoms with Crippen molar-refractivity contribution in [1.82, 2.24) is 4.90 Å². The van der Waals surface area contributed by atoms with Crippen LogP contribution in [0.2, 0.25) is 0 Å². The van der Waals surface area contributed by atoms with Crippen molar-refractivity contribution < 1.29 is 19.0 Å². The van der Waals surface area contributed by atoms with Crippen LogP contribution in [0.3, 0.4) is 0 Å². The number of hydrogen-bond acceptors (Lipinski definition) is 5. The van der Waals surface area contributed by atoms with E-state index in [0.717, 1.165) is 19.3 Å². The van der Waals surface area contributed by atoms with Crippen LogP contribution in [0.4, 0.5) is 0 Å². The zero-order valence-corrected chi connectivity index (χ0v) is 17.9. The predicted octanol–water partition coefficient (Wildman–Crippen LogP) is 4.28. The van der Waals surface area contributed by atoms with Gasteiger partial charge in [-0.25, -0.2) is 0 Å². The highest BCUT2D eigenvalue weighted by molar-refractivity contribution is 5.96. The standard InChI is InChI=1S/C22H32N2O4/c1-15-10-17(14-22(2,3)13-15)24(9-7-8-23)21(25)16-11-18(26-4)20(28-6)19(12-16)27-5/h11-12,15,17H,7,9-10,13-14H2,1-6H3/t15-,17+/m1/s1. The molecule has 0 unspecified atom stereocenters. The molecule has 0 aromatic heterocycles. The molecule has 1 aromatic carbocycles. The van der Waals surface area contributed by atoms with Crippen molar-refractivity contribution in [3.63, 3.8) is 0 Å². The molecule has 0 heterocycles. The lowest BCUT2D eigenvalue weighted by atomic mass is 9.70. The minimum atomic E-state index is -0.107. The van der Waals surface area contributed by atoms with Gasteiger partial charge in [-0.2, -0.15) is 5.26 Å². The molecule has 0 bridgehead atoms. The third-order valence-electron chi connectivity index (χ3n) is 5.44. The number of nitrogens with zero attached hydrogens (tertiary/aromatic N) is 2. The lowest BCUT2D eigenvalue weighted by molar-refractivity contribution is 0.0451. The fourth-order valence-electron chi connectivity index (χ4n) is 4.52. The van der Waals surface area contributed by atoms with Crippen molar-refractivity contribution in [2.75, 3.05) is 27.9 Å². The number of benzene rings is 1. The smallest absolute Gasteiger partial charge is 0.254 e. The normalized spacial score (nSPS) is 20.8. The highest BCUT2D eigenvalue weighted by Crippen LogP contribution is 2.42. The van der Waals surface area contributed by atoms with Crippen LogP contribution in [0, 0.1) is 22.7 Å². The Morgan fingerprint density at radius 3 is 2.25 bits per heavy atom. The van der Waals surface area contributed by atoms with Gasteiger partial charge in [0.2, 0.25) is 5.75 Å². The Morgan fingerprint density at radius 1 is 1.18 bits per heavy atom. The SMILES string of the molecule is COc1cc(C(=O)N(CCC#N)[C@H]2C[C@@H](C)CC(C)(C)C2)cc(OC)c1OC. The zero-order valence-electron chi connectivity index (χ0n) is 17.9. The number of ether oxygens (including phenoxy) is 3. The van der Waals surface area contributed by atoms with Crippen molar-refractivity contribution in [2.24, 2.45) is 11.3 Å². The molecule has 1 saturated carbocycles. The molecule has 1 aromatic rings. The van der Waals surface area contributed by atoms with E-state index in [1.54, 1.807) is 12.1 Å². The van der Waals surface area contributed by atoms with Crippen molar-refractivity contribution in [2.45, 2.75) is 52.5 Å². The third-order valence-corrected chi connectivity index (χ3v) is 5.44. The zero-order chi connectivity index (χ0) is 20.9.